The number of nitrogens with zero attached hydrogens (tertiary/aromatic N) is 1. The molecule has 0 radical (unpaired) electrons. The maximum Gasteiger partial charge on any atom is 0.266 e. The predicted molar refractivity (Wildman–Crippen MR) is 102 cm³/mol. The lowest BCUT2D eigenvalue weighted by Gasteiger charge is -2.10. The van der Waals surface area contributed by atoms with Gasteiger partial charge >= 0.3 is 0 Å². The van der Waals surface area contributed by atoms with Crippen LogP contribution in [-0.2, 0) is 4.79 Å². The number of carbonyl (C=O) groups is 1. The molecule has 0 saturated carbocycles. The molecular formula is C20H17ClN2O3. The lowest BCUT2D eigenvalue weighted by atomic mass is 10.2. The molecule has 6 heteroatoms. The van der Waals surface area contributed by atoms with Gasteiger partial charge in [-0.2, -0.15) is 5.26 Å². The fourth-order valence-electron chi connectivity index (χ4n) is 2.15. The number of benzene rings is 2. The van der Waals surface area contributed by atoms with E-state index in [1.54, 1.807) is 24.3 Å². The van der Waals surface area contributed by atoms with E-state index < -0.39 is 5.91 Å². The molecular weight excluding hydrogens is 352 g/mol. The summed E-state index contributed by atoms with van der Waals surface area (Å²) in [5, 5.41) is 12.2. The van der Waals surface area contributed by atoms with Crippen molar-refractivity contribution in [3.63, 3.8) is 0 Å². The third-order valence-electron chi connectivity index (χ3n) is 3.39. The molecule has 1 amide bonds. The predicted octanol–water partition coefficient (Wildman–Crippen LogP) is 4.37. The first kappa shape index (κ1) is 19.1. The molecule has 0 bridgehead atoms. The van der Waals surface area contributed by atoms with E-state index in [1.165, 1.54) is 20.3 Å². The van der Waals surface area contributed by atoms with Gasteiger partial charge in [-0.15, -0.1) is 0 Å². The minimum Gasteiger partial charge on any atom is -0.493 e. The van der Waals surface area contributed by atoms with E-state index in [1.807, 2.05) is 36.4 Å². The molecule has 0 fully saturated rings. The van der Waals surface area contributed by atoms with Crippen LogP contribution in [-0.4, -0.2) is 20.1 Å². The maximum atomic E-state index is 12.3. The Bertz CT molecular complexity index is 884. The monoisotopic (exact) mass is 368 g/mol. The van der Waals surface area contributed by atoms with Crippen LogP contribution in [0.15, 0.2) is 65.2 Å². The number of methoxy groups -OCH3 is 2. The lowest BCUT2D eigenvalue weighted by Crippen LogP contribution is -2.13. The Labute approximate surface area is 157 Å². The van der Waals surface area contributed by atoms with Crippen molar-refractivity contribution in [1.82, 2.24) is 0 Å². The van der Waals surface area contributed by atoms with Gasteiger partial charge in [0.05, 0.1) is 14.2 Å². The summed E-state index contributed by atoms with van der Waals surface area (Å²) in [5.41, 5.74) is 1.22. The highest BCUT2D eigenvalue weighted by atomic mass is 35.5. The Morgan fingerprint density at radius 3 is 2.42 bits per heavy atom. The van der Waals surface area contributed by atoms with Crippen LogP contribution < -0.4 is 14.8 Å². The van der Waals surface area contributed by atoms with Gasteiger partial charge in [0.2, 0.25) is 0 Å². The van der Waals surface area contributed by atoms with Crippen molar-refractivity contribution in [2.24, 2.45) is 0 Å². The zero-order chi connectivity index (χ0) is 18.9. The van der Waals surface area contributed by atoms with Crippen molar-refractivity contribution in [1.29, 1.82) is 5.26 Å². The van der Waals surface area contributed by atoms with E-state index >= 15 is 0 Å². The molecule has 0 heterocycles. The van der Waals surface area contributed by atoms with E-state index in [0.29, 0.717) is 17.2 Å². The highest BCUT2D eigenvalue weighted by Gasteiger charge is 2.12. The number of amides is 1. The summed E-state index contributed by atoms with van der Waals surface area (Å²) in [7, 11) is 3.02. The van der Waals surface area contributed by atoms with Crippen molar-refractivity contribution in [3.05, 3.63) is 70.8 Å². The van der Waals surface area contributed by atoms with Gasteiger partial charge in [0, 0.05) is 16.8 Å². The Balaban J connectivity index is 2.18. The fourth-order valence-corrected chi connectivity index (χ4v) is 2.38. The van der Waals surface area contributed by atoms with E-state index in [4.69, 9.17) is 21.1 Å². The van der Waals surface area contributed by atoms with Crippen molar-refractivity contribution >= 4 is 29.3 Å². The molecule has 0 aliphatic rings. The van der Waals surface area contributed by atoms with Crippen molar-refractivity contribution in [2.75, 3.05) is 19.5 Å². The highest BCUT2D eigenvalue weighted by Crippen LogP contribution is 2.29. The van der Waals surface area contributed by atoms with Crippen LogP contribution in [0.2, 0.25) is 0 Å². The molecule has 26 heavy (non-hydrogen) atoms. The summed E-state index contributed by atoms with van der Waals surface area (Å²) in [6.45, 7) is 0. The van der Waals surface area contributed by atoms with Crippen LogP contribution >= 0.6 is 11.6 Å². The Morgan fingerprint density at radius 1 is 1.12 bits per heavy atom. The molecule has 0 saturated heterocycles. The topological polar surface area (TPSA) is 71.3 Å². The van der Waals surface area contributed by atoms with Crippen LogP contribution in [0.25, 0.3) is 6.08 Å². The molecule has 0 aliphatic carbocycles. The van der Waals surface area contributed by atoms with E-state index in [0.717, 1.165) is 5.56 Å². The first-order valence-corrected chi connectivity index (χ1v) is 8.02. The standard InChI is InChI=1S/C20H17ClN2O3/c1-25-18-9-8-17(12-19(18)26-2)23-20(24)15(13-22)11-16(21)10-14-6-4-3-5-7-14/h3-12H,1-2H3,(H,23,24). The van der Waals surface area contributed by atoms with Crippen LogP contribution in [0.4, 0.5) is 5.69 Å². The minimum absolute atomic E-state index is 0.114. The number of halogens is 1. The fraction of sp³-hybridized carbons (Fsp3) is 0.100. The van der Waals surface area contributed by atoms with Crippen LogP contribution in [0.3, 0.4) is 0 Å². The van der Waals surface area contributed by atoms with Crippen LogP contribution in [0, 0.1) is 11.3 Å². The summed E-state index contributed by atoms with van der Waals surface area (Å²) >= 11 is 6.14. The molecule has 0 unspecified atom stereocenters. The quantitative estimate of drug-likeness (QED) is 0.467. The second kappa shape index (κ2) is 9.30. The SMILES string of the molecule is COc1ccc(NC(=O)C(C#N)=CC(Cl)=Cc2ccccc2)cc1OC. The summed E-state index contributed by atoms with van der Waals surface area (Å²) < 4.78 is 10.3. The number of hydrogen-bond acceptors (Lipinski definition) is 4. The number of rotatable bonds is 6. The van der Waals surface area contributed by atoms with Crippen LogP contribution in [0.5, 0.6) is 11.5 Å². The molecule has 5 nitrogen and oxygen atoms in total. The van der Waals surface area contributed by atoms with E-state index in [9.17, 15) is 10.1 Å². The molecule has 0 atom stereocenters. The minimum atomic E-state index is -0.570. The van der Waals surface area contributed by atoms with Crippen molar-refractivity contribution in [3.8, 4) is 17.6 Å². The average molecular weight is 369 g/mol. The maximum absolute atomic E-state index is 12.3. The molecule has 0 aliphatic heterocycles. The first-order chi connectivity index (χ1) is 12.6. The summed E-state index contributed by atoms with van der Waals surface area (Å²) in [4.78, 5) is 12.3. The molecule has 0 aromatic heterocycles. The van der Waals surface area contributed by atoms with Gasteiger partial charge in [0.25, 0.3) is 5.91 Å². The van der Waals surface area contributed by atoms with Gasteiger partial charge in [-0.05, 0) is 29.8 Å². The third kappa shape index (κ3) is 5.13. The molecule has 1 N–H and O–H groups in total. The Hall–Kier alpha value is -3.23. The van der Waals surface area contributed by atoms with E-state index in [-0.39, 0.29) is 10.6 Å². The van der Waals surface area contributed by atoms with Crippen molar-refractivity contribution < 1.29 is 14.3 Å². The first-order valence-electron chi connectivity index (χ1n) is 7.64. The van der Waals surface area contributed by atoms with E-state index in [2.05, 4.69) is 5.32 Å². The zero-order valence-electron chi connectivity index (χ0n) is 14.3. The number of nitrogens with one attached hydrogen (secondary N) is 1. The second-order valence-corrected chi connectivity index (χ2v) is 5.57. The Morgan fingerprint density at radius 2 is 1.81 bits per heavy atom. The smallest absolute Gasteiger partial charge is 0.266 e. The van der Waals surface area contributed by atoms with Gasteiger partial charge in [-0.1, -0.05) is 41.9 Å². The number of anilines is 1. The highest BCUT2D eigenvalue weighted by molar-refractivity contribution is 6.33. The van der Waals surface area contributed by atoms with Gasteiger partial charge in [-0.3, -0.25) is 4.79 Å². The Kier molecular flexibility index (Phi) is 6.84. The largest absolute Gasteiger partial charge is 0.493 e. The summed E-state index contributed by atoms with van der Waals surface area (Å²) in [5.74, 6) is 0.435. The average Bonchev–Trinajstić information content (AvgIpc) is 2.66. The number of ether oxygens (including phenoxy) is 2. The van der Waals surface area contributed by atoms with Gasteiger partial charge in [0.15, 0.2) is 11.5 Å². The molecule has 2 rings (SSSR count). The third-order valence-corrected chi connectivity index (χ3v) is 3.61. The second-order valence-electron chi connectivity index (χ2n) is 5.13. The number of carbonyl (C=O) groups excluding carboxylic acids is 1. The molecule has 2 aromatic rings. The number of nitriles is 1. The lowest BCUT2D eigenvalue weighted by molar-refractivity contribution is -0.112. The normalized spacial score (nSPS) is 11.5. The van der Waals surface area contributed by atoms with Gasteiger partial charge in [-0.25, -0.2) is 0 Å². The zero-order valence-corrected chi connectivity index (χ0v) is 15.1. The summed E-state index contributed by atoms with van der Waals surface area (Å²) in [6.07, 6.45) is 2.99. The van der Waals surface area contributed by atoms with Gasteiger partial charge < -0.3 is 14.8 Å². The molecule has 0 spiro atoms. The van der Waals surface area contributed by atoms with Gasteiger partial charge in [0.1, 0.15) is 11.6 Å². The van der Waals surface area contributed by atoms with Crippen LogP contribution in [0.1, 0.15) is 5.56 Å². The number of hydrogen-bond donors (Lipinski definition) is 1. The molecule has 2 aromatic carbocycles. The number of allylic oxidation sites excluding steroid dienone is 2. The van der Waals surface area contributed by atoms with Crippen molar-refractivity contribution in [2.45, 2.75) is 0 Å². The summed E-state index contributed by atoms with van der Waals surface area (Å²) in [6, 6.07) is 16.1. The molecule has 132 valence electrons.